The first kappa shape index (κ1) is 26.7. The normalized spacial score (nSPS) is 22.7. The van der Waals surface area contributed by atoms with Crippen molar-refractivity contribution in [1.29, 1.82) is 0 Å². The molecular weight excluding hydrogens is 499 g/mol. The second-order valence-electron chi connectivity index (χ2n) is 10.5. The van der Waals surface area contributed by atoms with Gasteiger partial charge in [0.1, 0.15) is 29.7 Å². The Morgan fingerprint density at radius 3 is 1.20 bits per heavy atom. The maximum absolute atomic E-state index is 11.7. The summed E-state index contributed by atoms with van der Waals surface area (Å²) < 4.78 is 27.1. The summed E-state index contributed by atoms with van der Waals surface area (Å²) in [6, 6.07) is 40.6. The molecule has 6 rings (SSSR count). The number of carbonyl (C=O) groups is 1. The molecule has 4 aromatic rings. The molecule has 1 saturated carbocycles. The second-order valence-corrected chi connectivity index (χ2v) is 10.5. The average molecular weight is 532 g/mol. The van der Waals surface area contributed by atoms with Gasteiger partial charge in [0.05, 0.1) is 0 Å². The van der Waals surface area contributed by atoms with E-state index in [1.54, 1.807) is 14.2 Å². The van der Waals surface area contributed by atoms with E-state index in [0.717, 1.165) is 35.0 Å². The van der Waals surface area contributed by atoms with Crippen molar-refractivity contribution in [2.45, 2.75) is 35.6 Å². The summed E-state index contributed by atoms with van der Waals surface area (Å²) in [5.74, 6) is -0.104. The maximum atomic E-state index is 11.7. The van der Waals surface area contributed by atoms with E-state index in [4.69, 9.17) is 18.8 Å². The van der Waals surface area contributed by atoms with Crippen molar-refractivity contribution < 1.29 is 23.6 Å². The standard InChI is InChI=1S/C34H33BO5/c1-37-33(26-15-7-3-8-16-26,27-17-9-4-10-18-27)31-32(40-35(39-31)30-23-25(30)24-36)34(38-2,28-19-11-5-12-20-28)29-21-13-6-14-22-29/h3-22,24-25,30-32H,23H2,1-2H3/t25-,30+,31+,32+/m0/s1. The molecule has 2 aliphatic rings. The first-order valence-corrected chi connectivity index (χ1v) is 13.8. The van der Waals surface area contributed by atoms with E-state index in [-0.39, 0.29) is 11.7 Å². The minimum absolute atomic E-state index is 0.0211. The number of ether oxygens (including phenoxy) is 2. The summed E-state index contributed by atoms with van der Waals surface area (Å²) in [7, 11) is 2.85. The highest BCUT2D eigenvalue weighted by atomic mass is 16.7. The van der Waals surface area contributed by atoms with Crippen LogP contribution in [0.15, 0.2) is 121 Å². The van der Waals surface area contributed by atoms with Gasteiger partial charge < -0.3 is 23.6 Å². The lowest BCUT2D eigenvalue weighted by molar-refractivity contribution is -0.136. The van der Waals surface area contributed by atoms with Crippen molar-refractivity contribution in [3.8, 4) is 0 Å². The molecule has 0 unspecified atom stereocenters. The van der Waals surface area contributed by atoms with Crippen LogP contribution in [0.1, 0.15) is 28.7 Å². The van der Waals surface area contributed by atoms with E-state index in [1.165, 1.54) is 0 Å². The predicted molar refractivity (Wildman–Crippen MR) is 155 cm³/mol. The number of hydrogen-bond acceptors (Lipinski definition) is 5. The fourth-order valence-corrected chi connectivity index (χ4v) is 6.43. The Hall–Kier alpha value is -3.55. The molecule has 0 bridgehead atoms. The molecule has 4 atom stereocenters. The van der Waals surface area contributed by atoms with E-state index >= 15 is 0 Å². The summed E-state index contributed by atoms with van der Waals surface area (Å²) in [5, 5.41) is 0. The van der Waals surface area contributed by atoms with E-state index in [1.807, 2.05) is 72.8 Å². The molecule has 4 aromatic carbocycles. The van der Waals surface area contributed by atoms with Crippen molar-refractivity contribution in [3.63, 3.8) is 0 Å². The molecule has 202 valence electrons. The van der Waals surface area contributed by atoms with Crippen LogP contribution in [0.25, 0.3) is 0 Å². The summed E-state index contributed by atoms with van der Waals surface area (Å²) >= 11 is 0. The van der Waals surface area contributed by atoms with Gasteiger partial charge >= 0.3 is 7.12 Å². The number of rotatable bonds is 10. The molecule has 1 heterocycles. The van der Waals surface area contributed by atoms with Crippen LogP contribution in [-0.2, 0) is 34.8 Å². The van der Waals surface area contributed by atoms with Gasteiger partial charge in [0.15, 0.2) is 0 Å². The van der Waals surface area contributed by atoms with E-state index in [0.29, 0.717) is 0 Å². The van der Waals surface area contributed by atoms with Crippen LogP contribution < -0.4 is 0 Å². The van der Waals surface area contributed by atoms with Gasteiger partial charge in [-0.1, -0.05) is 121 Å². The lowest BCUT2D eigenvalue weighted by atomic mass is 9.71. The molecule has 6 heteroatoms. The van der Waals surface area contributed by atoms with Crippen molar-refractivity contribution in [1.82, 2.24) is 0 Å². The first-order chi connectivity index (χ1) is 19.7. The quantitative estimate of drug-likeness (QED) is 0.185. The zero-order valence-corrected chi connectivity index (χ0v) is 22.8. The van der Waals surface area contributed by atoms with Gasteiger partial charge in [-0.2, -0.15) is 0 Å². The summed E-state index contributed by atoms with van der Waals surface area (Å²) in [6.07, 6.45) is 0.470. The van der Waals surface area contributed by atoms with Crippen molar-refractivity contribution >= 4 is 13.4 Å². The van der Waals surface area contributed by atoms with Crippen molar-refractivity contribution in [2.75, 3.05) is 14.2 Å². The Morgan fingerprint density at radius 1 is 0.625 bits per heavy atom. The third kappa shape index (κ3) is 4.32. The maximum Gasteiger partial charge on any atom is 0.461 e. The Labute approximate surface area is 236 Å². The van der Waals surface area contributed by atoms with Crippen LogP contribution in [0.5, 0.6) is 0 Å². The Kier molecular flexibility index (Phi) is 7.43. The molecule has 0 radical (unpaired) electrons. The highest BCUT2D eigenvalue weighted by Crippen LogP contribution is 2.55. The Bertz CT molecular complexity index is 1220. The molecule has 0 N–H and O–H groups in total. The van der Waals surface area contributed by atoms with E-state index in [9.17, 15) is 4.79 Å². The molecule has 40 heavy (non-hydrogen) atoms. The third-order valence-electron chi connectivity index (χ3n) is 8.51. The Morgan fingerprint density at radius 2 is 0.950 bits per heavy atom. The van der Waals surface area contributed by atoms with Gasteiger partial charge in [-0.25, -0.2) is 0 Å². The highest BCUT2D eigenvalue weighted by molar-refractivity contribution is 6.49. The lowest BCUT2D eigenvalue weighted by Crippen LogP contribution is -2.56. The predicted octanol–water partition coefficient (Wildman–Crippen LogP) is 6.03. The molecule has 0 aromatic heterocycles. The number of methoxy groups -OCH3 is 2. The smallest absolute Gasteiger partial charge is 0.402 e. The summed E-state index contributed by atoms with van der Waals surface area (Å²) in [6.45, 7) is 0. The van der Waals surface area contributed by atoms with Gasteiger partial charge in [-0.3, -0.25) is 0 Å². The fraction of sp³-hybridized carbons (Fsp3) is 0.265. The van der Waals surface area contributed by atoms with Crippen molar-refractivity contribution in [2.24, 2.45) is 5.92 Å². The monoisotopic (exact) mass is 532 g/mol. The minimum atomic E-state index is -1.04. The van der Waals surface area contributed by atoms with Gasteiger partial charge in [0.25, 0.3) is 0 Å². The molecule has 1 saturated heterocycles. The van der Waals surface area contributed by atoms with Gasteiger partial charge in [0.2, 0.25) is 0 Å². The van der Waals surface area contributed by atoms with Crippen LogP contribution in [-0.4, -0.2) is 39.8 Å². The van der Waals surface area contributed by atoms with Crippen LogP contribution >= 0.6 is 0 Å². The van der Waals surface area contributed by atoms with Gasteiger partial charge in [0, 0.05) is 26.0 Å². The topological polar surface area (TPSA) is 54.0 Å². The number of aldehydes is 1. The lowest BCUT2D eigenvalue weighted by Gasteiger charge is -2.47. The number of benzene rings is 4. The largest absolute Gasteiger partial charge is 0.461 e. The first-order valence-electron chi connectivity index (χ1n) is 13.8. The number of carbonyl (C=O) groups excluding carboxylic acids is 1. The van der Waals surface area contributed by atoms with Crippen LogP contribution in [0.3, 0.4) is 0 Å². The van der Waals surface area contributed by atoms with E-state index in [2.05, 4.69) is 48.5 Å². The highest BCUT2D eigenvalue weighted by Gasteiger charge is 2.65. The summed E-state index contributed by atoms with van der Waals surface area (Å²) in [5.41, 5.74) is 1.68. The van der Waals surface area contributed by atoms with Gasteiger partial charge in [-0.15, -0.1) is 0 Å². The molecular formula is C34H33BO5. The zero-order valence-electron chi connectivity index (χ0n) is 22.8. The Balaban J connectivity index is 1.61. The second kappa shape index (κ2) is 11.1. The van der Waals surface area contributed by atoms with Gasteiger partial charge in [-0.05, 0) is 28.7 Å². The SMILES string of the molecule is COC(c1ccccc1)(c1ccccc1)[C@@H]1OB([C@@H]2C[C@H]2C=O)O[C@H]1C(OC)(c1ccccc1)c1ccccc1. The minimum Gasteiger partial charge on any atom is -0.402 e. The molecule has 1 aliphatic carbocycles. The molecule has 5 nitrogen and oxygen atoms in total. The van der Waals surface area contributed by atoms with Crippen LogP contribution in [0.2, 0.25) is 5.82 Å². The molecule has 0 amide bonds. The van der Waals surface area contributed by atoms with E-state index < -0.39 is 30.5 Å². The van der Waals surface area contributed by atoms with Crippen LogP contribution in [0.4, 0.5) is 0 Å². The van der Waals surface area contributed by atoms with Crippen LogP contribution in [0, 0.1) is 5.92 Å². The zero-order chi connectivity index (χ0) is 27.6. The molecule has 1 aliphatic heterocycles. The molecule has 2 fully saturated rings. The number of hydrogen-bond donors (Lipinski definition) is 0. The third-order valence-corrected chi connectivity index (χ3v) is 8.51. The average Bonchev–Trinajstić information content (AvgIpc) is 3.71. The fourth-order valence-electron chi connectivity index (χ4n) is 6.43. The summed E-state index contributed by atoms with van der Waals surface area (Å²) in [4.78, 5) is 11.7. The van der Waals surface area contributed by atoms with Crippen molar-refractivity contribution in [3.05, 3.63) is 144 Å². The molecule has 0 spiro atoms.